The van der Waals surface area contributed by atoms with E-state index >= 15 is 0 Å². The van der Waals surface area contributed by atoms with Crippen molar-refractivity contribution in [1.29, 1.82) is 0 Å². The highest BCUT2D eigenvalue weighted by atomic mass is 19.1. The largest absolute Gasteiger partial charge is 0.339 e. The van der Waals surface area contributed by atoms with E-state index in [4.69, 9.17) is 0 Å². The van der Waals surface area contributed by atoms with Crippen molar-refractivity contribution in [3.8, 4) is 0 Å². The number of piperazine rings is 1. The molecule has 23 heavy (non-hydrogen) atoms. The van der Waals surface area contributed by atoms with Gasteiger partial charge in [-0.2, -0.15) is 0 Å². The molecule has 0 unspecified atom stereocenters. The van der Waals surface area contributed by atoms with Crippen molar-refractivity contribution in [2.75, 3.05) is 38.5 Å². The van der Waals surface area contributed by atoms with E-state index in [-0.39, 0.29) is 5.91 Å². The molecule has 0 aromatic heterocycles. The molecule has 0 radical (unpaired) electrons. The molecule has 1 aliphatic heterocycles. The number of amides is 2. The van der Waals surface area contributed by atoms with Crippen molar-refractivity contribution >= 4 is 17.5 Å². The Morgan fingerprint density at radius 2 is 1.61 bits per heavy atom. The van der Waals surface area contributed by atoms with Gasteiger partial charge in [-0.1, -0.05) is 6.07 Å². The van der Waals surface area contributed by atoms with E-state index in [9.17, 15) is 18.4 Å². The second-order valence-electron chi connectivity index (χ2n) is 6.27. The minimum atomic E-state index is -1.41. The van der Waals surface area contributed by atoms with E-state index in [0.29, 0.717) is 13.1 Å². The second kappa shape index (κ2) is 6.62. The number of likely N-dealkylation sites (N-methyl/N-ethyl adjacent to an activating group) is 1. The van der Waals surface area contributed by atoms with Gasteiger partial charge in [0.1, 0.15) is 22.7 Å². The summed E-state index contributed by atoms with van der Waals surface area (Å²) >= 11 is 0. The minimum Gasteiger partial charge on any atom is -0.339 e. The van der Waals surface area contributed by atoms with Crippen LogP contribution in [0.2, 0.25) is 0 Å². The maximum absolute atomic E-state index is 13.6. The molecular weight excluding hydrogens is 304 g/mol. The summed E-state index contributed by atoms with van der Waals surface area (Å²) in [6.07, 6.45) is 0. The Bertz CT molecular complexity index is 591. The molecular formula is C16H21F2N3O2. The van der Waals surface area contributed by atoms with Crippen LogP contribution in [-0.4, -0.2) is 54.8 Å². The van der Waals surface area contributed by atoms with Gasteiger partial charge in [0.15, 0.2) is 0 Å². The van der Waals surface area contributed by atoms with Crippen molar-refractivity contribution in [2.24, 2.45) is 5.41 Å². The van der Waals surface area contributed by atoms with E-state index < -0.39 is 28.6 Å². The maximum Gasteiger partial charge on any atom is 0.239 e. The van der Waals surface area contributed by atoms with Gasteiger partial charge in [-0.3, -0.25) is 9.59 Å². The highest BCUT2D eigenvalue weighted by Gasteiger charge is 2.40. The molecule has 1 N–H and O–H groups in total. The Balaban J connectivity index is 2.12. The molecule has 7 heteroatoms. The predicted octanol–water partition coefficient (Wildman–Crippen LogP) is 1.70. The fraction of sp³-hybridized carbons (Fsp3) is 0.500. The molecule has 1 saturated heterocycles. The number of carbonyl (C=O) groups is 2. The zero-order valence-electron chi connectivity index (χ0n) is 13.5. The summed E-state index contributed by atoms with van der Waals surface area (Å²) in [4.78, 5) is 28.7. The predicted molar refractivity (Wildman–Crippen MR) is 82.8 cm³/mol. The van der Waals surface area contributed by atoms with Gasteiger partial charge in [-0.05, 0) is 33.0 Å². The van der Waals surface area contributed by atoms with Crippen molar-refractivity contribution < 1.29 is 18.4 Å². The first-order chi connectivity index (χ1) is 10.7. The van der Waals surface area contributed by atoms with Gasteiger partial charge >= 0.3 is 0 Å². The van der Waals surface area contributed by atoms with Crippen molar-refractivity contribution in [3.63, 3.8) is 0 Å². The zero-order chi connectivity index (χ0) is 17.2. The summed E-state index contributed by atoms with van der Waals surface area (Å²) in [6, 6.07) is 3.31. The molecule has 1 aromatic carbocycles. The average molecular weight is 325 g/mol. The number of nitrogens with zero attached hydrogens (tertiary/aromatic N) is 2. The molecule has 2 amide bonds. The lowest BCUT2D eigenvalue weighted by atomic mass is 9.89. The molecule has 0 spiro atoms. The van der Waals surface area contributed by atoms with Gasteiger partial charge in [0.2, 0.25) is 11.8 Å². The van der Waals surface area contributed by atoms with Crippen LogP contribution in [0.1, 0.15) is 13.8 Å². The minimum absolute atomic E-state index is 0.347. The fourth-order valence-corrected chi connectivity index (χ4v) is 2.39. The van der Waals surface area contributed by atoms with Crippen LogP contribution in [0.25, 0.3) is 0 Å². The Labute approximate surface area is 134 Å². The molecule has 1 fully saturated rings. The first-order valence-corrected chi connectivity index (χ1v) is 7.47. The van der Waals surface area contributed by atoms with Crippen molar-refractivity contribution in [2.45, 2.75) is 13.8 Å². The third-order valence-electron chi connectivity index (χ3n) is 4.09. The molecule has 0 aliphatic carbocycles. The molecule has 1 heterocycles. The Morgan fingerprint density at radius 1 is 1.09 bits per heavy atom. The number of hydrogen-bond acceptors (Lipinski definition) is 3. The van der Waals surface area contributed by atoms with Crippen LogP contribution in [0.15, 0.2) is 18.2 Å². The number of anilines is 1. The molecule has 0 saturated carbocycles. The number of hydrogen-bond donors (Lipinski definition) is 1. The molecule has 0 bridgehead atoms. The van der Waals surface area contributed by atoms with Gasteiger partial charge in [-0.15, -0.1) is 0 Å². The van der Waals surface area contributed by atoms with Crippen LogP contribution in [0.3, 0.4) is 0 Å². The van der Waals surface area contributed by atoms with E-state index in [1.54, 1.807) is 4.90 Å². The van der Waals surface area contributed by atoms with Gasteiger partial charge in [0, 0.05) is 26.2 Å². The van der Waals surface area contributed by atoms with Crippen LogP contribution < -0.4 is 5.32 Å². The number of halogens is 2. The SMILES string of the molecule is CN1CCN(C(=O)C(C)(C)C(=O)Nc2c(F)cccc2F)CC1. The van der Waals surface area contributed by atoms with Gasteiger partial charge in [0.05, 0.1) is 0 Å². The molecule has 2 rings (SSSR count). The lowest BCUT2D eigenvalue weighted by Gasteiger charge is -2.36. The van der Waals surface area contributed by atoms with E-state index in [0.717, 1.165) is 25.2 Å². The Hall–Kier alpha value is -2.02. The lowest BCUT2D eigenvalue weighted by molar-refractivity contribution is -0.147. The number of benzene rings is 1. The third kappa shape index (κ3) is 3.67. The second-order valence-corrected chi connectivity index (χ2v) is 6.27. The van der Waals surface area contributed by atoms with Crippen LogP contribution in [0.4, 0.5) is 14.5 Å². The molecule has 1 aromatic rings. The smallest absolute Gasteiger partial charge is 0.239 e. The highest BCUT2D eigenvalue weighted by molar-refractivity contribution is 6.09. The fourth-order valence-electron chi connectivity index (χ4n) is 2.39. The Morgan fingerprint density at radius 3 is 2.13 bits per heavy atom. The van der Waals surface area contributed by atoms with Crippen LogP contribution >= 0.6 is 0 Å². The Kier molecular flexibility index (Phi) is 4.99. The van der Waals surface area contributed by atoms with E-state index in [1.165, 1.54) is 19.9 Å². The number of rotatable bonds is 3. The van der Waals surface area contributed by atoms with Gasteiger partial charge in [-0.25, -0.2) is 8.78 Å². The molecule has 0 atom stereocenters. The third-order valence-corrected chi connectivity index (χ3v) is 4.09. The first-order valence-electron chi connectivity index (χ1n) is 7.47. The van der Waals surface area contributed by atoms with Gasteiger partial charge < -0.3 is 15.1 Å². The summed E-state index contributed by atoms with van der Waals surface area (Å²) < 4.78 is 27.3. The zero-order valence-corrected chi connectivity index (χ0v) is 13.5. The average Bonchev–Trinajstić information content (AvgIpc) is 2.50. The van der Waals surface area contributed by atoms with E-state index in [1.807, 2.05) is 7.05 Å². The van der Waals surface area contributed by atoms with Crippen molar-refractivity contribution in [3.05, 3.63) is 29.8 Å². The molecule has 1 aliphatic rings. The lowest BCUT2D eigenvalue weighted by Crippen LogP contribution is -2.53. The van der Waals surface area contributed by atoms with E-state index in [2.05, 4.69) is 10.2 Å². The summed E-state index contributed by atoms with van der Waals surface area (Å²) in [6.45, 7) is 5.43. The molecule has 5 nitrogen and oxygen atoms in total. The number of nitrogens with one attached hydrogen (secondary N) is 1. The highest BCUT2D eigenvalue weighted by Crippen LogP contribution is 2.25. The summed E-state index contributed by atoms with van der Waals surface area (Å²) in [5.74, 6) is -2.83. The van der Waals surface area contributed by atoms with Crippen LogP contribution in [0.5, 0.6) is 0 Å². The monoisotopic (exact) mass is 325 g/mol. The number of carbonyl (C=O) groups excluding carboxylic acids is 2. The topological polar surface area (TPSA) is 52.7 Å². The number of para-hydroxylation sites is 1. The van der Waals surface area contributed by atoms with Crippen molar-refractivity contribution in [1.82, 2.24) is 9.80 Å². The normalized spacial score (nSPS) is 16.3. The standard InChI is InChI=1S/C16H21F2N3O2/c1-16(2,15(23)21-9-7-20(3)8-10-21)14(22)19-13-11(17)5-4-6-12(13)18/h4-6H,7-10H2,1-3H3,(H,19,22). The summed E-state index contributed by atoms with van der Waals surface area (Å²) in [5.41, 5.74) is -1.94. The molecule has 126 valence electrons. The maximum atomic E-state index is 13.6. The van der Waals surface area contributed by atoms with Crippen LogP contribution in [0, 0.1) is 17.0 Å². The summed E-state index contributed by atoms with van der Waals surface area (Å²) in [7, 11) is 1.96. The van der Waals surface area contributed by atoms with Crippen LogP contribution in [-0.2, 0) is 9.59 Å². The quantitative estimate of drug-likeness (QED) is 0.861. The first kappa shape index (κ1) is 17.3. The summed E-state index contributed by atoms with van der Waals surface area (Å²) in [5, 5.41) is 2.20. The van der Waals surface area contributed by atoms with Gasteiger partial charge in [0.25, 0.3) is 0 Å².